The van der Waals surface area contributed by atoms with Gasteiger partial charge in [0.1, 0.15) is 0 Å². The molecule has 0 saturated heterocycles. The van der Waals surface area contributed by atoms with Crippen LogP contribution < -0.4 is 5.73 Å². The topological polar surface area (TPSA) is 104 Å². The van der Waals surface area contributed by atoms with Crippen LogP contribution in [-0.2, 0) is 9.59 Å². The van der Waals surface area contributed by atoms with Crippen LogP contribution in [-0.4, -0.2) is 22.7 Å². The summed E-state index contributed by atoms with van der Waals surface area (Å²) in [6.45, 7) is 27.2. The average Bonchev–Trinajstić information content (AvgIpc) is 2.59. The summed E-state index contributed by atoms with van der Waals surface area (Å²) in [6, 6.07) is 0. The van der Waals surface area contributed by atoms with Crippen LogP contribution in [0.3, 0.4) is 0 Å². The molecule has 5 heteroatoms. The molecule has 0 aromatic rings. The number of nitrogens with two attached hydrogens (primary N) is 1. The summed E-state index contributed by atoms with van der Waals surface area (Å²) in [5.74, 6) is 2.26. The normalized spacial score (nSPS) is 9.69. The lowest BCUT2D eigenvalue weighted by atomic mass is 10.1. The zero-order valence-corrected chi connectivity index (χ0v) is 24.0. The van der Waals surface area contributed by atoms with E-state index in [1.165, 1.54) is 12.8 Å². The molecule has 0 aromatic carbocycles. The lowest BCUT2D eigenvalue weighted by molar-refractivity contribution is -0.137. The van der Waals surface area contributed by atoms with E-state index < -0.39 is 5.97 Å². The van der Waals surface area contributed by atoms with E-state index in [1.807, 2.05) is 34.6 Å². The molecule has 196 valence electrons. The highest BCUT2D eigenvalue weighted by atomic mass is 16.4. The molecule has 0 aliphatic rings. The van der Waals surface area contributed by atoms with Gasteiger partial charge in [0, 0.05) is 18.6 Å². The zero-order valence-electron chi connectivity index (χ0n) is 24.0. The molecule has 0 rings (SSSR count). The van der Waals surface area contributed by atoms with Gasteiger partial charge in [-0.2, -0.15) is 0 Å². The third kappa shape index (κ3) is 89.5. The predicted octanol–water partition coefficient (Wildman–Crippen LogP) is 8.20. The molecule has 1 amide bonds. The van der Waals surface area contributed by atoms with E-state index >= 15 is 0 Å². The molecule has 0 unspecified atom stereocenters. The molecule has 0 atom stereocenters. The number of rotatable bonds is 9. The monoisotopic (exact) mass is 460 g/mol. The van der Waals surface area contributed by atoms with Crippen LogP contribution in [0.5, 0.6) is 0 Å². The SMILES string of the molecule is CC(=N)CCC(C)C.CC(C)CC(=O)O.CC(C)CC(N)=O.CCC(C)C.CCC(C)C. The summed E-state index contributed by atoms with van der Waals surface area (Å²) >= 11 is 0. The molecule has 0 bridgehead atoms. The van der Waals surface area contributed by atoms with Crippen molar-refractivity contribution in [1.82, 2.24) is 0 Å². The predicted molar refractivity (Wildman–Crippen MR) is 143 cm³/mol. The van der Waals surface area contributed by atoms with Gasteiger partial charge in [-0.25, -0.2) is 0 Å². The third-order valence-corrected chi connectivity index (χ3v) is 3.92. The number of carbonyl (C=O) groups is 2. The van der Waals surface area contributed by atoms with Gasteiger partial charge in [0.15, 0.2) is 0 Å². The van der Waals surface area contributed by atoms with Crippen molar-refractivity contribution in [3.63, 3.8) is 0 Å². The van der Waals surface area contributed by atoms with Crippen LogP contribution in [0.25, 0.3) is 0 Å². The first kappa shape index (κ1) is 40.9. The van der Waals surface area contributed by atoms with Crippen molar-refractivity contribution in [2.75, 3.05) is 0 Å². The van der Waals surface area contributed by atoms with Gasteiger partial charge in [-0.1, -0.05) is 95.9 Å². The smallest absolute Gasteiger partial charge is 0.303 e. The Morgan fingerprint density at radius 1 is 0.719 bits per heavy atom. The first-order valence-electron chi connectivity index (χ1n) is 12.5. The molecule has 5 nitrogen and oxygen atoms in total. The molecule has 0 aliphatic carbocycles. The number of nitrogens with one attached hydrogen (secondary N) is 1. The van der Waals surface area contributed by atoms with Crippen molar-refractivity contribution in [1.29, 1.82) is 5.41 Å². The maximum absolute atomic E-state index is 10.0. The maximum Gasteiger partial charge on any atom is 0.303 e. The number of carboxylic acid groups (broad SMARTS) is 1. The first-order chi connectivity index (χ1) is 14.4. The Kier molecular flexibility index (Phi) is 37.9. The molecule has 0 heterocycles. The van der Waals surface area contributed by atoms with Gasteiger partial charge in [0.05, 0.1) is 0 Å². The van der Waals surface area contributed by atoms with Crippen LogP contribution in [0.1, 0.15) is 129 Å². The number of hydrogen-bond acceptors (Lipinski definition) is 3. The Labute approximate surface area is 201 Å². The average molecular weight is 461 g/mol. The quantitative estimate of drug-likeness (QED) is 0.302. The molecule has 4 N–H and O–H groups in total. The van der Waals surface area contributed by atoms with E-state index in [-0.39, 0.29) is 18.2 Å². The standard InChI is InChI=1S/C7H15N.C5H11NO.C5H10O2.2C5H12/c1-6(2)4-5-7(3)8;2*1-4(2)3-5(6)7;2*1-4-5(2)3/h6,8H,4-5H2,1-3H3;4H,3H2,1-2H3,(H2,6,7);4H,3H2,1-2H3,(H,6,7);2*5H,4H2,1-3H3. The molecule has 0 radical (unpaired) electrons. The van der Waals surface area contributed by atoms with Crippen molar-refractivity contribution in [3.05, 3.63) is 0 Å². The van der Waals surface area contributed by atoms with Crippen LogP contribution in [0, 0.1) is 35.0 Å². The number of carboxylic acids is 1. The van der Waals surface area contributed by atoms with Crippen molar-refractivity contribution >= 4 is 17.6 Å². The minimum atomic E-state index is -0.713. The zero-order chi connectivity index (χ0) is 26.9. The number of amides is 1. The largest absolute Gasteiger partial charge is 0.481 e. The summed E-state index contributed by atoms with van der Waals surface area (Å²) in [7, 11) is 0. The van der Waals surface area contributed by atoms with Gasteiger partial charge in [-0.15, -0.1) is 0 Å². The van der Waals surface area contributed by atoms with E-state index in [1.54, 1.807) is 0 Å². The van der Waals surface area contributed by atoms with Crippen molar-refractivity contribution < 1.29 is 14.7 Å². The Balaban J connectivity index is -0.0000000961. The van der Waals surface area contributed by atoms with Crippen LogP contribution >= 0.6 is 0 Å². The summed E-state index contributed by atoms with van der Waals surface area (Å²) in [6.07, 6.45) is 5.52. The molecular formula is C27H60N2O3. The number of carbonyl (C=O) groups excluding carboxylic acids is 1. The van der Waals surface area contributed by atoms with E-state index in [0.29, 0.717) is 12.3 Å². The van der Waals surface area contributed by atoms with E-state index in [2.05, 4.69) is 55.4 Å². The first-order valence-corrected chi connectivity index (χ1v) is 12.5. The molecule has 32 heavy (non-hydrogen) atoms. The molecule has 0 saturated carbocycles. The van der Waals surface area contributed by atoms with E-state index in [4.69, 9.17) is 16.2 Å². The summed E-state index contributed by atoms with van der Waals surface area (Å²) in [5.41, 5.74) is 5.66. The highest BCUT2D eigenvalue weighted by Gasteiger charge is 1.98. The Bertz CT molecular complexity index is 387. The fourth-order valence-electron chi connectivity index (χ4n) is 1.26. The van der Waals surface area contributed by atoms with E-state index in [0.717, 1.165) is 36.3 Å². The number of hydrogen-bond donors (Lipinski definition) is 3. The molecule has 0 aromatic heterocycles. The summed E-state index contributed by atoms with van der Waals surface area (Å²) in [4.78, 5) is 19.8. The lowest BCUT2D eigenvalue weighted by Gasteiger charge is -2.00. The van der Waals surface area contributed by atoms with Gasteiger partial charge in [-0.05, 0) is 49.4 Å². The highest BCUT2D eigenvalue weighted by Crippen LogP contribution is 2.03. The molecule has 0 aliphatic heterocycles. The van der Waals surface area contributed by atoms with E-state index in [9.17, 15) is 9.59 Å². The minimum Gasteiger partial charge on any atom is -0.481 e. The van der Waals surface area contributed by atoms with Crippen LogP contribution in [0.2, 0.25) is 0 Å². The summed E-state index contributed by atoms with van der Waals surface area (Å²) < 4.78 is 0. The minimum absolute atomic E-state index is 0.213. The van der Waals surface area contributed by atoms with Crippen LogP contribution in [0.15, 0.2) is 0 Å². The second-order valence-electron chi connectivity index (χ2n) is 10.4. The third-order valence-electron chi connectivity index (χ3n) is 3.92. The fourth-order valence-corrected chi connectivity index (χ4v) is 1.26. The van der Waals surface area contributed by atoms with Gasteiger partial charge in [-0.3, -0.25) is 9.59 Å². The molecule has 0 spiro atoms. The Hall–Kier alpha value is -1.39. The second-order valence-corrected chi connectivity index (χ2v) is 10.4. The Morgan fingerprint density at radius 2 is 1.03 bits per heavy atom. The van der Waals surface area contributed by atoms with Gasteiger partial charge in [0.25, 0.3) is 0 Å². The summed E-state index contributed by atoms with van der Waals surface area (Å²) in [5, 5.41) is 15.2. The maximum atomic E-state index is 10.0. The molecular weight excluding hydrogens is 400 g/mol. The molecule has 0 fully saturated rings. The Morgan fingerprint density at radius 3 is 1.06 bits per heavy atom. The van der Waals surface area contributed by atoms with Gasteiger partial charge < -0.3 is 16.2 Å². The second kappa shape index (κ2) is 29.6. The van der Waals surface area contributed by atoms with Crippen molar-refractivity contribution in [3.8, 4) is 0 Å². The van der Waals surface area contributed by atoms with Crippen molar-refractivity contribution in [2.24, 2.45) is 35.3 Å². The lowest BCUT2D eigenvalue weighted by Crippen LogP contribution is -2.12. The number of primary amides is 1. The van der Waals surface area contributed by atoms with Crippen molar-refractivity contribution in [2.45, 2.75) is 129 Å². The fraction of sp³-hybridized carbons (Fsp3) is 0.889. The van der Waals surface area contributed by atoms with Crippen LogP contribution in [0.4, 0.5) is 0 Å². The number of aliphatic carboxylic acids is 1. The van der Waals surface area contributed by atoms with Gasteiger partial charge >= 0.3 is 5.97 Å². The van der Waals surface area contributed by atoms with Gasteiger partial charge in [0.2, 0.25) is 5.91 Å². The highest BCUT2D eigenvalue weighted by molar-refractivity contribution is 5.78.